The molecule has 0 fully saturated rings. The summed E-state index contributed by atoms with van der Waals surface area (Å²) < 4.78 is 0. The van der Waals surface area contributed by atoms with Gasteiger partial charge in [-0.3, -0.25) is 9.78 Å². The van der Waals surface area contributed by atoms with Crippen molar-refractivity contribution in [2.45, 2.75) is 31.2 Å². The average molecular weight is 547 g/mol. The van der Waals surface area contributed by atoms with Crippen molar-refractivity contribution in [3.05, 3.63) is 197 Å². The molecule has 1 heterocycles. The number of carbonyl (C=O) groups excluding carboxylic acids is 1. The highest BCUT2D eigenvalue weighted by Gasteiger charge is 2.32. The van der Waals surface area contributed by atoms with E-state index in [1.165, 1.54) is 11.1 Å². The van der Waals surface area contributed by atoms with E-state index < -0.39 is 5.92 Å². The first-order chi connectivity index (χ1) is 20.8. The third-order valence-electron chi connectivity index (χ3n) is 7.86. The van der Waals surface area contributed by atoms with Crippen molar-refractivity contribution in [3.63, 3.8) is 0 Å². The maximum atomic E-state index is 14.7. The molecule has 42 heavy (non-hydrogen) atoms. The van der Waals surface area contributed by atoms with Crippen LogP contribution >= 0.6 is 0 Å². The molecule has 1 aromatic heterocycles. The van der Waals surface area contributed by atoms with Gasteiger partial charge < -0.3 is 5.32 Å². The van der Waals surface area contributed by atoms with Crippen LogP contribution in [0.1, 0.15) is 47.1 Å². The fraction of sp³-hybridized carbons (Fsp3) is 0.128. The Morgan fingerprint density at radius 2 is 1.33 bits per heavy atom. The number of benzene rings is 3. The van der Waals surface area contributed by atoms with E-state index >= 15 is 0 Å². The summed E-state index contributed by atoms with van der Waals surface area (Å²) in [6.45, 7) is 0.552. The molecule has 0 radical (unpaired) electrons. The van der Waals surface area contributed by atoms with E-state index in [0.717, 1.165) is 46.5 Å². The summed E-state index contributed by atoms with van der Waals surface area (Å²) >= 11 is 0. The van der Waals surface area contributed by atoms with Gasteiger partial charge in [0.1, 0.15) is 0 Å². The number of rotatable bonds is 10. The molecule has 1 unspecified atom stereocenters. The van der Waals surface area contributed by atoms with Crippen LogP contribution in [0.3, 0.4) is 0 Å². The summed E-state index contributed by atoms with van der Waals surface area (Å²) in [5.74, 6) is -0.383. The minimum atomic E-state index is -0.408. The van der Waals surface area contributed by atoms with Crippen LogP contribution in [0, 0.1) is 0 Å². The Balaban J connectivity index is 1.48. The first-order valence-electron chi connectivity index (χ1n) is 14.6. The summed E-state index contributed by atoms with van der Waals surface area (Å²) in [4.78, 5) is 19.2. The number of ketones is 1. The topological polar surface area (TPSA) is 42.0 Å². The van der Waals surface area contributed by atoms with Crippen molar-refractivity contribution in [3.8, 4) is 0 Å². The van der Waals surface area contributed by atoms with E-state index in [1.54, 1.807) is 0 Å². The smallest absolute Gasteiger partial charge is 0.175 e. The van der Waals surface area contributed by atoms with Crippen molar-refractivity contribution in [2.75, 3.05) is 0 Å². The Morgan fingerprint density at radius 1 is 0.714 bits per heavy atom. The molecule has 1 N–H and O–H groups in total. The van der Waals surface area contributed by atoms with Crippen molar-refractivity contribution in [2.24, 2.45) is 0 Å². The number of pyridine rings is 1. The Bertz CT molecular complexity index is 1620. The molecule has 0 aliphatic heterocycles. The zero-order valence-corrected chi connectivity index (χ0v) is 23.6. The monoisotopic (exact) mass is 546 g/mol. The molecular weight excluding hydrogens is 512 g/mol. The van der Waals surface area contributed by atoms with E-state index in [4.69, 9.17) is 0 Å². The quantitative estimate of drug-likeness (QED) is 0.217. The Hall–Kier alpha value is -5.02. The number of Topliss-reactive ketones (excluding diaryl/α,β-unsaturated/α-hetero) is 1. The van der Waals surface area contributed by atoms with Crippen molar-refractivity contribution in [1.29, 1.82) is 0 Å². The van der Waals surface area contributed by atoms with Gasteiger partial charge in [-0.25, -0.2) is 0 Å². The first kappa shape index (κ1) is 27.2. The largest absolute Gasteiger partial charge is 0.381 e. The van der Waals surface area contributed by atoms with E-state index in [1.807, 2.05) is 97.2 Å². The Labute approximate surface area is 248 Å². The van der Waals surface area contributed by atoms with Crippen LogP contribution in [0.2, 0.25) is 0 Å². The lowest BCUT2D eigenvalue weighted by Gasteiger charge is -2.28. The van der Waals surface area contributed by atoms with Crippen molar-refractivity contribution < 1.29 is 4.79 Å². The van der Waals surface area contributed by atoms with Gasteiger partial charge in [0, 0.05) is 29.0 Å². The van der Waals surface area contributed by atoms with Crippen LogP contribution in [0.15, 0.2) is 174 Å². The molecule has 2 aliphatic rings. The second-order valence-corrected chi connectivity index (χ2v) is 10.6. The molecule has 0 saturated carbocycles. The molecule has 3 heteroatoms. The molecule has 0 amide bonds. The summed E-state index contributed by atoms with van der Waals surface area (Å²) in [5.41, 5.74) is 8.00. The zero-order valence-electron chi connectivity index (χ0n) is 23.6. The third kappa shape index (κ3) is 6.01. The van der Waals surface area contributed by atoms with Gasteiger partial charge >= 0.3 is 0 Å². The summed E-state index contributed by atoms with van der Waals surface area (Å²) in [7, 11) is 0. The van der Waals surface area contributed by atoms with Gasteiger partial charge in [-0.1, -0.05) is 134 Å². The van der Waals surface area contributed by atoms with Gasteiger partial charge in [-0.2, -0.15) is 0 Å². The maximum Gasteiger partial charge on any atom is 0.175 e. The van der Waals surface area contributed by atoms with E-state index in [-0.39, 0.29) is 11.7 Å². The van der Waals surface area contributed by atoms with Gasteiger partial charge in [0.25, 0.3) is 0 Å². The molecule has 0 saturated heterocycles. The number of hydrogen-bond donors (Lipinski definition) is 1. The SMILES string of the molecule is O=C(C1=CC=C/C1=C(/NCc1ccccn1)C(C1=CCCC=C1)c1ccccc1)C(c1ccccc1)c1ccccc1. The molecule has 4 aromatic rings. The third-order valence-corrected chi connectivity index (χ3v) is 7.86. The standard InChI is InChI=1S/C39H34N2O/c42-39(37(31-20-9-3-10-21-31)32-22-11-4-12-23-32)35-26-15-25-34(35)38(41-28-33-24-13-14-27-40-33)36(29-16-5-1-6-17-29)30-18-7-2-8-19-30/h1,3-7,9-27,36-37,41H,2,8,28H2/b38-34-. The summed E-state index contributed by atoms with van der Waals surface area (Å²) in [6, 6.07) is 36.7. The van der Waals surface area contributed by atoms with Crippen LogP contribution in [-0.4, -0.2) is 10.8 Å². The minimum absolute atomic E-state index is 0.0627. The van der Waals surface area contributed by atoms with Crippen LogP contribution in [0.4, 0.5) is 0 Å². The molecular formula is C39H34N2O. The maximum absolute atomic E-state index is 14.7. The van der Waals surface area contributed by atoms with Crippen LogP contribution < -0.4 is 5.32 Å². The zero-order chi connectivity index (χ0) is 28.6. The Kier molecular flexibility index (Phi) is 8.47. The highest BCUT2D eigenvalue weighted by atomic mass is 16.1. The normalized spacial score (nSPS) is 16.1. The molecule has 0 spiro atoms. The molecule has 0 bridgehead atoms. The lowest BCUT2D eigenvalue weighted by atomic mass is 9.79. The Morgan fingerprint density at radius 3 is 1.90 bits per heavy atom. The van der Waals surface area contributed by atoms with Crippen LogP contribution in [-0.2, 0) is 11.3 Å². The van der Waals surface area contributed by atoms with E-state index in [0.29, 0.717) is 6.54 Å². The number of nitrogens with one attached hydrogen (secondary N) is 1. The fourth-order valence-corrected chi connectivity index (χ4v) is 5.87. The summed E-state index contributed by atoms with van der Waals surface area (Å²) in [5, 5.41) is 3.78. The van der Waals surface area contributed by atoms with Crippen molar-refractivity contribution in [1.82, 2.24) is 10.3 Å². The second kappa shape index (κ2) is 13.1. The number of hydrogen-bond acceptors (Lipinski definition) is 3. The van der Waals surface area contributed by atoms with Gasteiger partial charge in [0.2, 0.25) is 0 Å². The minimum Gasteiger partial charge on any atom is -0.381 e. The van der Waals surface area contributed by atoms with Gasteiger partial charge in [-0.05, 0) is 47.2 Å². The number of aromatic nitrogens is 1. The second-order valence-electron chi connectivity index (χ2n) is 10.6. The average Bonchev–Trinajstić information content (AvgIpc) is 3.55. The predicted octanol–water partition coefficient (Wildman–Crippen LogP) is 8.38. The summed E-state index contributed by atoms with van der Waals surface area (Å²) in [6.07, 6.45) is 16.8. The lowest BCUT2D eigenvalue weighted by Crippen LogP contribution is -2.25. The molecule has 6 rings (SSSR count). The number of carbonyl (C=O) groups is 1. The van der Waals surface area contributed by atoms with Crippen LogP contribution in [0.5, 0.6) is 0 Å². The van der Waals surface area contributed by atoms with Gasteiger partial charge in [0.05, 0.1) is 18.2 Å². The van der Waals surface area contributed by atoms with Gasteiger partial charge in [0.15, 0.2) is 5.78 Å². The fourth-order valence-electron chi connectivity index (χ4n) is 5.87. The van der Waals surface area contributed by atoms with Gasteiger partial charge in [-0.15, -0.1) is 0 Å². The predicted molar refractivity (Wildman–Crippen MR) is 171 cm³/mol. The highest BCUT2D eigenvalue weighted by molar-refractivity contribution is 6.07. The lowest BCUT2D eigenvalue weighted by molar-refractivity contribution is -0.115. The molecule has 3 aromatic carbocycles. The number of nitrogens with zero attached hydrogens (tertiary/aromatic N) is 1. The first-order valence-corrected chi connectivity index (χ1v) is 14.6. The van der Waals surface area contributed by atoms with E-state index in [9.17, 15) is 4.79 Å². The van der Waals surface area contributed by atoms with Crippen molar-refractivity contribution >= 4 is 5.78 Å². The molecule has 206 valence electrons. The van der Waals surface area contributed by atoms with E-state index in [2.05, 4.69) is 64.9 Å². The highest BCUT2D eigenvalue weighted by Crippen LogP contribution is 2.40. The molecule has 3 nitrogen and oxygen atoms in total. The number of allylic oxidation sites excluding steroid dienone is 9. The van der Waals surface area contributed by atoms with Crippen LogP contribution in [0.25, 0.3) is 0 Å². The molecule has 2 aliphatic carbocycles. The molecule has 1 atom stereocenters.